The summed E-state index contributed by atoms with van der Waals surface area (Å²) in [5.41, 5.74) is 2.61. The fourth-order valence-corrected chi connectivity index (χ4v) is 7.82. The number of hydrogen-bond donors (Lipinski definition) is 0. The molecule has 1 aromatic carbocycles. The van der Waals surface area contributed by atoms with Crippen molar-refractivity contribution in [3.8, 4) is 11.3 Å². The van der Waals surface area contributed by atoms with E-state index in [2.05, 4.69) is 10.1 Å². The highest BCUT2D eigenvalue weighted by molar-refractivity contribution is 7.18. The summed E-state index contributed by atoms with van der Waals surface area (Å²) >= 11 is 14.6. The minimum atomic E-state index is -0.235. The molecule has 0 N–H and O–H groups in total. The molecule has 0 atom stereocenters. The Hall–Kier alpha value is -2.06. The Morgan fingerprint density at radius 1 is 1.06 bits per heavy atom. The minimum Gasteiger partial charge on any atom is -0.370 e. The van der Waals surface area contributed by atoms with Gasteiger partial charge in [0.25, 0.3) is 0 Å². The van der Waals surface area contributed by atoms with E-state index in [1.54, 1.807) is 29.8 Å². The van der Waals surface area contributed by atoms with Crippen molar-refractivity contribution >= 4 is 44.8 Å². The first-order valence-electron chi connectivity index (χ1n) is 12.4. The molecular formula is C27H24Cl2FN3O2S. The number of hydrogen-bond acceptors (Lipinski definition) is 6. The van der Waals surface area contributed by atoms with Crippen molar-refractivity contribution in [1.82, 2.24) is 15.1 Å². The fraction of sp³-hybridized carbons (Fsp3) is 0.444. The van der Waals surface area contributed by atoms with E-state index in [-0.39, 0.29) is 16.8 Å². The van der Waals surface area contributed by atoms with Gasteiger partial charge in [0.05, 0.1) is 27.0 Å². The maximum atomic E-state index is 14.3. The van der Waals surface area contributed by atoms with Crippen LogP contribution in [-0.4, -0.2) is 20.7 Å². The van der Waals surface area contributed by atoms with Crippen LogP contribution in [0, 0.1) is 5.82 Å². The third-order valence-corrected chi connectivity index (χ3v) is 10.2. The molecule has 0 unspecified atom stereocenters. The largest absolute Gasteiger partial charge is 0.370 e. The summed E-state index contributed by atoms with van der Waals surface area (Å²) in [7, 11) is 0. The molecule has 5 nitrogen and oxygen atoms in total. The summed E-state index contributed by atoms with van der Waals surface area (Å²) in [5.74, 6) is 1.04. The van der Waals surface area contributed by atoms with Gasteiger partial charge in [-0.25, -0.2) is 9.37 Å². The molecule has 3 aromatic heterocycles. The van der Waals surface area contributed by atoms with Gasteiger partial charge in [-0.3, -0.25) is 4.98 Å². The van der Waals surface area contributed by atoms with Crippen LogP contribution in [-0.2, 0) is 16.8 Å². The van der Waals surface area contributed by atoms with Crippen molar-refractivity contribution in [3.05, 3.63) is 62.8 Å². The molecule has 4 aliphatic carbocycles. The number of pyridine rings is 1. The summed E-state index contributed by atoms with van der Waals surface area (Å²) in [6.45, 7) is 0.416. The molecule has 4 fully saturated rings. The monoisotopic (exact) mass is 543 g/mol. The van der Waals surface area contributed by atoms with Crippen molar-refractivity contribution in [2.75, 3.05) is 0 Å². The Balaban J connectivity index is 1.14. The highest BCUT2D eigenvalue weighted by Crippen LogP contribution is 2.56. The van der Waals surface area contributed by atoms with Crippen LogP contribution in [0.2, 0.25) is 10.0 Å². The second-order valence-electron chi connectivity index (χ2n) is 10.5. The molecule has 3 heterocycles. The number of rotatable bonds is 6. The summed E-state index contributed by atoms with van der Waals surface area (Å²) < 4.78 is 27.8. The lowest BCUT2D eigenvalue weighted by atomic mass is 9.59. The average Bonchev–Trinajstić information content (AvgIpc) is 3.49. The van der Waals surface area contributed by atoms with Crippen LogP contribution < -0.4 is 0 Å². The molecule has 8 rings (SSSR count). The number of para-hydroxylation sites is 1. The van der Waals surface area contributed by atoms with Gasteiger partial charge in [0, 0.05) is 34.9 Å². The highest BCUT2D eigenvalue weighted by Gasteiger charge is 2.52. The van der Waals surface area contributed by atoms with Gasteiger partial charge in [0.1, 0.15) is 27.8 Å². The molecule has 0 saturated heterocycles. The van der Waals surface area contributed by atoms with Gasteiger partial charge in [-0.15, -0.1) is 11.3 Å². The van der Waals surface area contributed by atoms with E-state index in [0.717, 1.165) is 72.4 Å². The van der Waals surface area contributed by atoms with Gasteiger partial charge >= 0.3 is 0 Å². The Morgan fingerprint density at radius 2 is 1.78 bits per heavy atom. The molecule has 0 radical (unpaired) electrons. The van der Waals surface area contributed by atoms with Gasteiger partial charge < -0.3 is 9.26 Å². The number of ether oxygens (including phenoxy) is 1. The molecule has 0 spiro atoms. The number of aromatic nitrogens is 3. The van der Waals surface area contributed by atoms with Crippen molar-refractivity contribution in [2.24, 2.45) is 0 Å². The summed E-state index contributed by atoms with van der Waals surface area (Å²) in [5, 5.41) is 6.36. The first kappa shape index (κ1) is 23.1. The van der Waals surface area contributed by atoms with Crippen LogP contribution in [0.15, 0.2) is 35.1 Å². The van der Waals surface area contributed by atoms with Gasteiger partial charge in [-0.05, 0) is 63.5 Å². The van der Waals surface area contributed by atoms with E-state index in [0.29, 0.717) is 39.3 Å². The lowest BCUT2D eigenvalue weighted by Crippen LogP contribution is -2.49. The van der Waals surface area contributed by atoms with E-state index >= 15 is 0 Å². The van der Waals surface area contributed by atoms with Crippen LogP contribution in [0.4, 0.5) is 4.39 Å². The Bertz CT molecular complexity index is 1440. The third kappa shape index (κ3) is 3.70. The molecule has 2 bridgehead atoms. The molecule has 36 heavy (non-hydrogen) atoms. The molecule has 186 valence electrons. The summed E-state index contributed by atoms with van der Waals surface area (Å²) in [6.07, 6.45) is 11.2. The highest BCUT2D eigenvalue weighted by atomic mass is 35.5. The van der Waals surface area contributed by atoms with Gasteiger partial charge in [0.15, 0.2) is 0 Å². The number of thiazole rings is 1. The van der Waals surface area contributed by atoms with Crippen LogP contribution in [0.5, 0.6) is 0 Å². The van der Waals surface area contributed by atoms with Crippen LogP contribution in [0.25, 0.3) is 21.5 Å². The topological polar surface area (TPSA) is 61.0 Å². The zero-order valence-electron chi connectivity index (χ0n) is 19.5. The fourth-order valence-electron chi connectivity index (χ4n) is 6.02. The van der Waals surface area contributed by atoms with Crippen LogP contribution >= 0.6 is 34.5 Å². The number of halogens is 3. The maximum Gasteiger partial charge on any atom is 0.150 e. The molecule has 0 amide bonds. The first-order valence-corrected chi connectivity index (χ1v) is 14.0. The van der Waals surface area contributed by atoms with Crippen LogP contribution in [0.1, 0.15) is 73.6 Å². The first-order chi connectivity index (χ1) is 17.5. The molecule has 4 aromatic rings. The zero-order valence-corrected chi connectivity index (χ0v) is 21.9. The lowest BCUT2D eigenvalue weighted by molar-refractivity contribution is -0.127. The normalized spacial score (nSPS) is 25.6. The van der Waals surface area contributed by atoms with E-state index in [1.807, 2.05) is 6.07 Å². The summed E-state index contributed by atoms with van der Waals surface area (Å²) in [4.78, 5) is 8.84. The van der Waals surface area contributed by atoms with Gasteiger partial charge in [0.2, 0.25) is 0 Å². The van der Waals surface area contributed by atoms with Gasteiger partial charge in [-0.2, -0.15) is 0 Å². The second-order valence-corrected chi connectivity index (χ2v) is 12.3. The third-order valence-electron chi connectivity index (χ3n) is 8.38. The molecule has 9 heteroatoms. The zero-order chi connectivity index (χ0) is 24.5. The quantitative estimate of drug-likeness (QED) is 0.245. The smallest absolute Gasteiger partial charge is 0.150 e. The standard InChI is InChI=1S/C27H24Cl2FN3O2S/c28-17-12-31-13-18(29)21(17)22-16(24(35-33-22)15-4-5-15)14-34-27-9-6-26(7-10-27,8-11-27)25-32-23-19(30)2-1-3-20(23)36-25/h1-3,12-13,15H,4-11,14H2. The van der Waals surface area contributed by atoms with Crippen molar-refractivity contribution in [3.63, 3.8) is 0 Å². The Morgan fingerprint density at radius 3 is 2.44 bits per heavy atom. The molecular weight excluding hydrogens is 520 g/mol. The second kappa shape index (κ2) is 8.48. The van der Waals surface area contributed by atoms with Crippen molar-refractivity contribution in [1.29, 1.82) is 0 Å². The molecule has 4 aliphatic rings. The van der Waals surface area contributed by atoms with E-state index in [4.69, 9.17) is 37.4 Å². The predicted octanol–water partition coefficient (Wildman–Crippen LogP) is 8.23. The lowest BCUT2D eigenvalue weighted by Gasteiger charge is -2.52. The van der Waals surface area contributed by atoms with Crippen LogP contribution in [0.3, 0.4) is 0 Å². The van der Waals surface area contributed by atoms with E-state index in [9.17, 15) is 4.39 Å². The minimum absolute atomic E-state index is 0.0286. The molecule has 0 aliphatic heterocycles. The number of fused-ring (bicyclic) bond motifs is 4. The van der Waals surface area contributed by atoms with E-state index < -0.39 is 0 Å². The average molecular weight is 544 g/mol. The predicted molar refractivity (Wildman–Crippen MR) is 138 cm³/mol. The SMILES string of the molecule is Fc1cccc2sc(C34CCC(OCc5c(-c6c(Cl)cncc6Cl)noc5C5CC5)(CC3)CC4)nc12. The van der Waals surface area contributed by atoms with Crippen molar-refractivity contribution < 1.29 is 13.7 Å². The summed E-state index contributed by atoms with van der Waals surface area (Å²) in [6, 6.07) is 5.22. The maximum absolute atomic E-state index is 14.3. The van der Waals surface area contributed by atoms with E-state index in [1.165, 1.54) is 6.07 Å². The Kier molecular flexibility index (Phi) is 5.44. The molecule has 4 saturated carbocycles. The Labute approximate surface area is 222 Å². The van der Waals surface area contributed by atoms with Crippen molar-refractivity contribution in [2.45, 2.75) is 74.9 Å². The number of benzene rings is 1. The van der Waals surface area contributed by atoms with Gasteiger partial charge in [-0.1, -0.05) is 34.4 Å². The number of nitrogens with zero attached hydrogens (tertiary/aromatic N) is 3.